The number of halogens is 2. The fourth-order valence-electron chi connectivity index (χ4n) is 1.17. The molecule has 0 heterocycles. The van der Waals surface area contributed by atoms with Crippen molar-refractivity contribution in [2.24, 2.45) is 0 Å². The van der Waals surface area contributed by atoms with Crippen molar-refractivity contribution in [1.82, 2.24) is 5.32 Å². The molecule has 0 unspecified atom stereocenters. The molecule has 0 aliphatic heterocycles. The van der Waals surface area contributed by atoms with Crippen LogP contribution in [0.1, 0.15) is 20.8 Å². The highest BCUT2D eigenvalue weighted by Gasteiger charge is 2.08. The Morgan fingerprint density at radius 1 is 1.38 bits per heavy atom. The Hall–Kier alpha value is -0.250. The topological polar surface area (TPSA) is 21.3 Å². The van der Waals surface area contributed by atoms with E-state index >= 15 is 0 Å². The Bertz CT molecular complexity index is 349. The monoisotopic (exact) mass is 305 g/mol. The molecule has 1 rings (SSSR count). The van der Waals surface area contributed by atoms with Crippen LogP contribution in [0.5, 0.6) is 5.75 Å². The molecule has 1 N–H and O–H groups in total. The van der Waals surface area contributed by atoms with Gasteiger partial charge >= 0.3 is 0 Å². The van der Waals surface area contributed by atoms with Crippen LogP contribution in [0.2, 0.25) is 5.02 Å². The SMILES string of the molecule is CC(C)(C)NCCOc1cc(Br)ccc1Cl. The van der Waals surface area contributed by atoms with Gasteiger partial charge in [-0.3, -0.25) is 0 Å². The molecule has 0 radical (unpaired) electrons. The van der Waals surface area contributed by atoms with Gasteiger partial charge in [0.15, 0.2) is 0 Å². The first kappa shape index (κ1) is 13.8. The van der Waals surface area contributed by atoms with Gasteiger partial charge < -0.3 is 10.1 Å². The van der Waals surface area contributed by atoms with Crippen molar-refractivity contribution < 1.29 is 4.74 Å². The van der Waals surface area contributed by atoms with E-state index in [1.54, 1.807) is 0 Å². The maximum absolute atomic E-state index is 6.00. The summed E-state index contributed by atoms with van der Waals surface area (Å²) < 4.78 is 6.56. The molecule has 90 valence electrons. The number of hydrogen-bond acceptors (Lipinski definition) is 2. The summed E-state index contributed by atoms with van der Waals surface area (Å²) in [5.41, 5.74) is 0.116. The van der Waals surface area contributed by atoms with Gasteiger partial charge in [0.2, 0.25) is 0 Å². The maximum Gasteiger partial charge on any atom is 0.139 e. The summed E-state index contributed by atoms with van der Waals surface area (Å²) in [6.45, 7) is 7.77. The maximum atomic E-state index is 6.00. The van der Waals surface area contributed by atoms with Gasteiger partial charge in [-0.2, -0.15) is 0 Å². The molecule has 2 nitrogen and oxygen atoms in total. The molecular formula is C12H17BrClNO. The molecular weight excluding hydrogens is 289 g/mol. The summed E-state index contributed by atoms with van der Waals surface area (Å²) in [4.78, 5) is 0. The summed E-state index contributed by atoms with van der Waals surface area (Å²) >= 11 is 9.38. The van der Waals surface area contributed by atoms with Crippen LogP contribution in [0.15, 0.2) is 22.7 Å². The van der Waals surface area contributed by atoms with Gasteiger partial charge in [-0.25, -0.2) is 0 Å². The molecule has 0 bridgehead atoms. The molecule has 1 aromatic rings. The molecule has 0 amide bonds. The summed E-state index contributed by atoms with van der Waals surface area (Å²) in [6.07, 6.45) is 0. The highest BCUT2D eigenvalue weighted by Crippen LogP contribution is 2.27. The zero-order valence-corrected chi connectivity index (χ0v) is 12.2. The van der Waals surface area contributed by atoms with E-state index in [4.69, 9.17) is 16.3 Å². The van der Waals surface area contributed by atoms with Gasteiger partial charge in [-0.15, -0.1) is 0 Å². The molecule has 0 aliphatic carbocycles. The number of rotatable bonds is 4. The normalized spacial score (nSPS) is 11.6. The first-order chi connectivity index (χ1) is 7.38. The standard InChI is InChI=1S/C12H17BrClNO/c1-12(2,3)15-6-7-16-11-8-9(13)4-5-10(11)14/h4-5,8,15H,6-7H2,1-3H3. The minimum Gasteiger partial charge on any atom is -0.491 e. The Morgan fingerprint density at radius 3 is 2.69 bits per heavy atom. The van der Waals surface area contributed by atoms with Crippen molar-refractivity contribution in [3.63, 3.8) is 0 Å². The van der Waals surface area contributed by atoms with Crippen molar-refractivity contribution in [3.05, 3.63) is 27.7 Å². The third kappa shape index (κ3) is 5.19. The van der Waals surface area contributed by atoms with E-state index in [1.807, 2.05) is 18.2 Å². The average Bonchev–Trinajstić information content (AvgIpc) is 2.16. The number of benzene rings is 1. The Morgan fingerprint density at radius 2 is 2.06 bits per heavy atom. The molecule has 0 saturated carbocycles. The van der Waals surface area contributed by atoms with Crippen molar-refractivity contribution in [1.29, 1.82) is 0 Å². The molecule has 16 heavy (non-hydrogen) atoms. The van der Waals surface area contributed by atoms with E-state index in [9.17, 15) is 0 Å². The third-order valence-electron chi connectivity index (χ3n) is 1.91. The second-order valence-electron chi connectivity index (χ2n) is 4.60. The van der Waals surface area contributed by atoms with E-state index in [0.717, 1.165) is 11.0 Å². The van der Waals surface area contributed by atoms with Crippen molar-refractivity contribution in [2.45, 2.75) is 26.3 Å². The van der Waals surface area contributed by atoms with Gasteiger partial charge in [0.1, 0.15) is 12.4 Å². The average molecular weight is 307 g/mol. The molecule has 0 aliphatic rings. The highest BCUT2D eigenvalue weighted by atomic mass is 79.9. The quantitative estimate of drug-likeness (QED) is 0.853. The lowest BCUT2D eigenvalue weighted by Crippen LogP contribution is -2.38. The zero-order valence-electron chi connectivity index (χ0n) is 9.81. The fourth-order valence-corrected chi connectivity index (χ4v) is 1.69. The Labute approximate surface area is 110 Å². The second kappa shape index (κ2) is 5.89. The fraction of sp³-hybridized carbons (Fsp3) is 0.500. The molecule has 0 fully saturated rings. The predicted molar refractivity (Wildman–Crippen MR) is 72.4 cm³/mol. The predicted octanol–water partition coefficient (Wildman–Crippen LogP) is 3.87. The van der Waals surface area contributed by atoms with E-state index in [2.05, 4.69) is 42.0 Å². The molecule has 0 saturated heterocycles. The lowest BCUT2D eigenvalue weighted by Gasteiger charge is -2.20. The second-order valence-corrected chi connectivity index (χ2v) is 5.92. The van der Waals surface area contributed by atoms with E-state index in [1.165, 1.54) is 0 Å². The van der Waals surface area contributed by atoms with Crippen LogP contribution >= 0.6 is 27.5 Å². The van der Waals surface area contributed by atoms with Gasteiger partial charge in [-0.1, -0.05) is 27.5 Å². The van der Waals surface area contributed by atoms with Gasteiger partial charge in [-0.05, 0) is 39.0 Å². The van der Waals surface area contributed by atoms with Gasteiger partial charge in [0.05, 0.1) is 5.02 Å². The lowest BCUT2D eigenvalue weighted by atomic mass is 10.1. The van der Waals surface area contributed by atoms with Crippen LogP contribution in [0.4, 0.5) is 0 Å². The molecule has 0 atom stereocenters. The largest absolute Gasteiger partial charge is 0.491 e. The van der Waals surface area contributed by atoms with Crippen LogP contribution in [0, 0.1) is 0 Å². The van der Waals surface area contributed by atoms with Crippen molar-refractivity contribution >= 4 is 27.5 Å². The lowest BCUT2D eigenvalue weighted by molar-refractivity contribution is 0.291. The minimum atomic E-state index is 0.116. The molecule has 0 spiro atoms. The van der Waals surface area contributed by atoms with Crippen LogP contribution in [0.25, 0.3) is 0 Å². The van der Waals surface area contributed by atoms with Gasteiger partial charge in [0.25, 0.3) is 0 Å². The molecule has 4 heteroatoms. The third-order valence-corrected chi connectivity index (χ3v) is 2.71. The highest BCUT2D eigenvalue weighted by molar-refractivity contribution is 9.10. The van der Waals surface area contributed by atoms with Crippen LogP contribution < -0.4 is 10.1 Å². The van der Waals surface area contributed by atoms with Crippen LogP contribution in [-0.2, 0) is 0 Å². The smallest absolute Gasteiger partial charge is 0.139 e. The van der Waals surface area contributed by atoms with Gasteiger partial charge in [0, 0.05) is 16.6 Å². The summed E-state index contributed by atoms with van der Waals surface area (Å²) in [5.74, 6) is 0.715. The van der Waals surface area contributed by atoms with Crippen LogP contribution in [-0.4, -0.2) is 18.7 Å². The number of nitrogens with one attached hydrogen (secondary N) is 1. The minimum absolute atomic E-state index is 0.116. The molecule has 0 aromatic heterocycles. The first-order valence-electron chi connectivity index (χ1n) is 5.21. The van der Waals surface area contributed by atoms with E-state index in [-0.39, 0.29) is 5.54 Å². The van der Waals surface area contributed by atoms with Crippen molar-refractivity contribution in [3.8, 4) is 5.75 Å². The zero-order chi connectivity index (χ0) is 12.2. The number of ether oxygens (including phenoxy) is 1. The summed E-state index contributed by atoms with van der Waals surface area (Å²) in [5, 5.41) is 3.98. The van der Waals surface area contributed by atoms with E-state index < -0.39 is 0 Å². The number of hydrogen-bond donors (Lipinski definition) is 1. The van der Waals surface area contributed by atoms with E-state index in [0.29, 0.717) is 17.4 Å². The Kier molecular flexibility index (Phi) is 5.09. The van der Waals surface area contributed by atoms with Crippen LogP contribution in [0.3, 0.4) is 0 Å². The first-order valence-corrected chi connectivity index (χ1v) is 6.38. The van der Waals surface area contributed by atoms with Crippen molar-refractivity contribution in [2.75, 3.05) is 13.2 Å². The molecule has 1 aromatic carbocycles. The Balaban J connectivity index is 2.40. The summed E-state index contributed by atoms with van der Waals surface area (Å²) in [6, 6.07) is 5.58. The summed E-state index contributed by atoms with van der Waals surface area (Å²) in [7, 11) is 0.